The quantitative estimate of drug-likeness (QED) is 0.584. The van der Waals surface area contributed by atoms with Crippen molar-refractivity contribution in [2.75, 3.05) is 7.11 Å². The maximum Gasteiger partial charge on any atom is 0.417 e. The minimum atomic E-state index is -5.16. The van der Waals surface area contributed by atoms with E-state index >= 15 is 0 Å². The first-order valence-corrected chi connectivity index (χ1v) is 10.8. The second kappa shape index (κ2) is 9.11. The van der Waals surface area contributed by atoms with Crippen LogP contribution in [0.3, 0.4) is 0 Å². The average molecular weight is 466 g/mol. The summed E-state index contributed by atoms with van der Waals surface area (Å²) in [4.78, 5) is 15.4. The van der Waals surface area contributed by atoms with Crippen molar-refractivity contribution in [3.8, 4) is 5.75 Å². The molecule has 0 radical (unpaired) electrons. The van der Waals surface area contributed by atoms with Crippen molar-refractivity contribution in [3.63, 3.8) is 0 Å². The maximum atomic E-state index is 13.7. The minimum absolute atomic E-state index is 0.0274. The fraction of sp³-hybridized carbons (Fsp3) is 0.682. The number of likely N-dealkylation sites (tertiary alicyclic amines) is 1. The standard InChI is InChI=1S/C22H28F6N2O2/c1-12-8-9-13(2)30(12)17-7-5-4-6-16(17)29-20(31)19-15(22(26,27)28)10-14(21(23,24)25)11-18(19)32-3/h10-13,16-17H,4-9H2,1-3H3,(H,29,31). The molecular weight excluding hydrogens is 438 g/mol. The summed E-state index contributed by atoms with van der Waals surface area (Å²) < 4.78 is 85.3. The number of carbonyl (C=O) groups excluding carboxylic acids is 1. The molecular formula is C22H28F6N2O2. The number of alkyl halides is 6. The molecule has 1 saturated carbocycles. The third-order valence-electron chi connectivity index (χ3n) is 6.63. The van der Waals surface area contributed by atoms with Crippen LogP contribution in [0.2, 0.25) is 0 Å². The van der Waals surface area contributed by atoms with Gasteiger partial charge >= 0.3 is 12.4 Å². The number of halogens is 6. The highest BCUT2D eigenvalue weighted by Crippen LogP contribution is 2.42. The third-order valence-corrected chi connectivity index (χ3v) is 6.63. The molecule has 1 aromatic carbocycles. The third kappa shape index (κ3) is 5.00. The van der Waals surface area contributed by atoms with E-state index in [1.54, 1.807) is 0 Å². The van der Waals surface area contributed by atoms with Gasteiger partial charge in [-0.3, -0.25) is 9.69 Å². The molecule has 0 bridgehead atoms. The molecule has 1 N–H and O–H groups in total. The Morgan fingerprint density at radius 2 is 1.56 bits per heavy atom. The highest BCUT2D eigenvalue weighted by Gasteiger charge is 2.43. The first-order valence-electron chi connectivity index (χ1n) is 10.8. The van der Waals surface area contributed by atoms with E-state index in [2.05, 4.69) is 24.1 Å². The number of hydrogen-bond acceptors (Lipinski definition) is 3. The van der Waals surface area contributed by atoms with Crippen molar-refractivity contribution in [1.29, 1.82) is 0 Å². The molecule has 4 unspecified atom stereocenters. The number of benzene rings is 1. The van der Waals surface area contributed by atoms with Crippen molar-refractivity contribution >= 4 is 5.91 Å². The Kier molecular flexibility index (Phi) is 7.02. The zero-order chi connectivity index (χ0) is 23.8. The first kappa shape index (κ1) is 24.7. The van der Waals surface area contributed by atoms with E-state index in [0.29, 0.717) is 24.6 Å². The Morgan fingerprint density at radius 3 is 2.09 bits per heavy atom. The Labute approximate surface area is 183 Å². The van der Waals surface area contributed by atoms with Crippen LogP contribution in [0.5, 0.6) is 5.75 Å². The molecule has 0 spiro atoms. The summed E-state index contributed by atoms with van der Waals surface area (Å²) in [5.74, 6) is -1.82. The normalized spacial score (nSPS) is 27.4. The Bertz CT molecular complexity index is 829. The summed E-state index contributed by atoms with van der Waals surface area (Å²) in [6.07, 6.45) is -5.01. The monoisotopic (exact) mass is 466 g/mol. The number of hydrogen-bond donors (Lipinski definition) is 1. The van der Waals surface area contributed by atoms with Crippen molar-refractivity contribution in [2.45, 2.75) is 88.9 Å². The molecule has 2 aliphatic rings. The van der Waals surface area contributed by atoms with Crippen LogP contribution in [-0.4, -0.2) is 42.1 Å². The van der Waals surface area contributed by atoms with Gasteiger partial charge in [-0.15, -0.1) is 0 Å². The molecule has 4 nitrogen and oxygen atoms in total. The molecule has 1 aliphatic heterocycles. The number of carbonyl (C=O) groups is 1. The number of methoxy groups -OCH3 is 1. The Hall–Kier alpha value is -1.97. The van der Waals surface area contributed by atoms with Gasteiger partial charge in [-0.05, 0) is 51.7 Å². The smallest absolute Gasteiger partial charge is 0.417 e. The fourth-order valence-electron chi connectivity index (χ4n) is 5.14. The van der Waals surface area contributed by atoms with E-state index in [4.69, 9.17) is 4.74 Å². The predicted octanol–water partition coefficient (Wildman–Crippen LogP) is 5.65. The van der Waals surface area contributed by atoms with Gasteiger partial charge in [-0.2, -0.15) is 26.3 Å². The van der Waals surface area contributed by atoms with Crippen LogP contribution in [0.4, 0.5) is 26.3 Å². The van der Waals surface area contributed by atoms with Gasteiger partial charge in [-0.25, -0.2) is 0 Å². The molecule has 1 saturated heterocycles. The lowest BCUT2D eigenvalue weighted by molar-refractivity contribution is -0.143. The van der Waals surface area contributed by atoms with Gasteiger partial charge in [0.25, 0.3) is 5.91 Å². The van der Waals surface area contributed by atoms with Crippen LogP contribution < -0.4 is 10.1 Å². The van der Waals surface area contributed by atoms with E-state index < -0.39 is 46.7 Å². The van der Waals surface area contributed by atoms with E-state index in [-0.39, 0.29) is 12.1 Å². The summed E-state index contributed by atoms with van der Waals surface area (Å²) in [7, 11) is 0.948. The van der Waals surface area contributed by atoms with Gasteiger partial charge in [0.1, 0.15) is 5.75 Å². The van der Waals surface area contributed by atoms with Crippen LogP contribution in [0, 0.1) is 0 Å². The topological polar surface area (TPSA) is 41.6 Å². The van der Waals surface area contributed by atoms with Crippen molar-refractivity contribution in [2.24, 2.45) is 0 Å². The van der Waals surface area contributed by atoms with E-state index in [9.17, 15) is 31.1 Å². The summed E-state index contributed by atoms with van der Waals surface area (Å²) >= 11 is 0. The zero-order valence-corrected chi connectivity index (χ0v) is 18.2. The SMILES string of the molecule is COc1cc(C(F)(F)F)cc(C(F)(F)F)c1C(=O)NC1CCCCC1N1C(C)CCC1C. The molecule has 1 heterocycles. The summed E-state index contributed by atoms with van der Waals surface area (Å²) in [6.45, 7) is 4.19. The van der Waals surface area contributed by atoms with Gasteiger partial charge in [0.05, 0.1) is 23.8 Å². The minimum Gasteiger partial charge on any atom is -0.496 e. The molecule has 1 amide bonds. The van der Waals surface area contributed by atoms with Crippen LogP contribution in [0.25, 0.3) is 0 Å². The zero-order valence-electron chi connectivity index (χ0n) is 18.2. The van der Waals surface area contributed by atoms with Gasteiger partial charge < -0.3 is 10.1 Å². The largest absolute Gasteiger partial charge is 0.496 e. The molecule has 0 aromatic heterocycles. The lowest BCUT2D eigenvalue weighted by atomic mass is 9.87. The van der Waals surface area contributed by atoms with Gasteiger partial charge in [0.15, 0.2) is 0 Å². The van der Waals surface area contributed by atoms with Crippen LogP contribution in [0.15, 0.2) is 12.1 Å². The van der Waals surface area contributed by atoms with Gasteiger partial charge in [0, 0.05) is 24.2 Å². The lowest BCUT2D eigenvalue weighted by Gasteiger charge is -2.42. The van der Waals surface area contributed by atoms with Crippen molar-refractivity contribution < 1.29 is 35.9 Å². The fourth-order valence-corrected chi connectivity index (χ4v) is 5.14. The highest BCUT2D eigenvalue weighted by atomic mass is 19.4. The van der Waals surface area contributed by atoms with Crippen molar-refractivity contribution in [1.82, 2.24) is 10.2 Å². The molecule has 10 heteroatoms. The predicted molar refractivity (Wildman–Crippen MR) is 107 cm³/mol. The number of ether oxygens (including phenoxy) is 1. The van der Waals surface area contributed by atoms with Gasteiger partial charge in [0.2, 0.25) is 0 Å². The van der Waals surface area contributed by atoms with E-state index in [1.165, 1.54) is 0 Å². The second-order valence-electron chi connectivity index (χ2n) is 8.75. The molecule has 32 heavy (non-hydrogen) atoms. The Balaban J connectivity index is 1.97. The average Bonchev–Trinajstić information content (AvgIpc) is 3.04. The lowest BCUT2D eigenvalue weighted by Crippen LogP contribution is -2.56. The van der Waals surface area contributed by atoms with Crippen LogP contribution in [0.1, 0.15) is 73.9 Å². The van der Waals surface area contributed by atoms with Crippen LogP contribution >= 0.6 is 0 Å². The molecule has 180 valence electrons. The summed E-state index contributed by atoms with van der Waals surface area (Å²) in [6, 6.07) is 0.563. The highest BCUT2D eigenvalue weighted by molar-refractivity contribution is 5.99. The number of nitrogens with one attached hydrogen (secondary N) is 1. The Morgan fingerprint density at radius 1 is 0.969 bits per heavy atom. The van der Waals surface area contributed by atoms with Crippen molar-refractivity contribution in [3.05, 3.63) is 28.8 Å². The molecule has 1 aliphatic carbocycles. The van der Waals surface area contributed by atoms with E-state index in [0.717, 1.165) is 39.2 Å². The maximum absolute atomic E-state index is 13.7. The van der Waals surface area contributed by atoms with Crippen LogP contribution in [-0.2, 0) is 12.4 Å². The molecule has 1 aromatic rings. The second-order valence-corrected chi connectivity index (χ2v) is 8.75. The molecule has 2 fully saturated rings. The summed E-state index contributed by atoms with van der Waals surface area (Å²) in [5, 5.41) is 2.71. The number of nitrogens with zero attached hydrogens (tertiary/aromatic N) is 1. The van der Waals surface area contributed by atoms with Gasteiger partial charge in [-0.1, -0.05) is 12.8 Å². The summed E-state index contributed by atoms with van der Waals surface area (Å²) in [5.41, 5.74) is -4.09. The number of rotatable bonds is 4. The number of amides is 1. The molecule has 4 atom stereocenters. The molecule has 3 rings (SSSR count). The van der Waals surface area contributed by atoms with E-state index in [1.807, 2.05) is 0 Å². The first-order chi connectivity index (χ1) is 14.8.